The molecule has 0 bridgehead atoms. The number of ether oxygens (including phenoxy) is 7. The fourth-order valence-electron chi connectivity index (χ4n) is 12.5. The number of rotatable bonds is 24. The minimum Gasteiger partial charge on any atom is -0.504 e. The number of piperidine rings is 5. The second kappa shape index (κ2) is 48.5. The Bertz CT molecular complexity index is 3740. The number of likely N-dealkylation sites (tertiary alicyclic amines) is 5. The van der Waals surface area contributed by atoms with Crippen molar-refractivity contribution in [3.63, 3.8) is 0 Å². The molecule has 5 unspecified atom stereocenters. The van der Waals surface area contributed by atoms with Crippen molar-refractivity contribution in [2.24, 2.45) is 29.6 Å². The van der Waals surface area contributed by atoms with Crippen LogP contribution in [0.5, 0.6) is 46.0 Å². The first-order valence-corrected chi connectivity index (χ1v) is 38.4. The lowest BCUT2D eigenvalue weighted by atomic mass is 9.99. The molecule has 11 rings (SSSR count). The predicted molar refractivity (Wildman–Crippen MR) is 421 cm³/mol. The van der Waals surface area contributed by atoms with E-state index in [4.69, 9.17) is 59.2 Å². The van der Waals surface area contributed by atoms with Crippen LogP contribution < -0.4 is 49.1 Å². The molecular weight excluding hydrogens is 1450 g/mol. The summed E-state index contributed by atoms with van der Waals surface area (Å²) in [7, 11) is 17.0. The normalized spacial score (nSPS) is 18.8. The molecule has 7 heterocycles. The number of phenolic OH excluding ortho intramolecular Hbond substituents is 1. The van der Waals surface area contributed by atoms with Crippen LogP contribution in [-0.4, -0.2) is 260 Å². The van der Waals surface area contributed by atoms with Gasteiger partial charge in [-0.2, -0.15) is 13.4 Å². The second-order valence-corrected chi connectivity index (χ2v) is 29.2. The fourth-order valence-corrected chi connectivity index (χ4v) is 13.1. The van der Waals surface area contributed by atoms with Gasteiger partial charge < -0.3 is 83.8 Å². The molecule has 5 N–H and O–H groups in total. The van der Waals surface area contributed by atoms with Crippen molar-refractivity contribution in [3.05, 3.63) is 133 Å². The van der Waals surface area contributed by atoms with E-state index in [1.54, 1.807) is 44.8 Å². The highest BCUT2D eigenvalue weighted by atomic mass is 35.5. The first-order chi connectivity index (χ1) is 52.1. The van der Waals surface area contributed by atoms with Gasteiger partial charge in [0.2, 0.25) is 11.2 Å². The van der Waals surface area contributed by atoms with E-state index in [-0.39, 0.29) is 33.8 Å². The molecule has 5 saturated heterocycles. The molecule has 2 aromatic heterocycles. The topological polar surface area (TPSA) is 382 Å². The summed E-state index contributed by atoms with van der Waals surface area (Å²) in [6, 6.07) is 21.8. The zero-order chi connectivity index (χ0) is 79.8. The lowest BCUT2D eigenvalue weighted by molar-refractivity contribution is -0.385. The minimum absolute atomic E-state index is 0.0153. The molecule has 109 heavy (non-hydrogen) atoms. The van der Waals surface area contributed by atoms with E-state index in [1.165, 1.54) is 96.5 Å². The molecule has 604 valence electrons. The van der Waals surface area contributed by atoms with E-state index in [0.29, 0.717) is 91.6 Å². The number of non-ortho nitro benzene ring substituents is 3. The van der Waals surface area contributed by atoms with Crippen molar-refractivity contribution in [2.45, 2.75) is 64.2 Å². The Labute approximate surface area is 645 Å². The maximum absolute atomic E-state index is 10.8. The number of benzene rings is 4. The summed E-state index contributed by atoms with van der Waals surface area (Å²) in [6.45, 7) is 13.3. The SMILES string of the molecule is CN1CCCC(CO)C1.CN1CCCC(COS(C)(=O)=O)C1.CNc1ccnc(Cl)n1.CNc1ccnc(Nc2ccc(OC)c(OCC3CCCN(C)C3)c2)n1.COc1ccc([N+](=O)[O-])cc1O.COc1ccc([N+](=O)[O-])cc1OCC1CCCN(C)C1.COc1ccc([N+](=O)[O-])cc1OCC1CCCN(C)C1. The Morgan fingerprint density at radius 1 is 0.486 bits per heavy atom. The van der Waals surface area contributed by atoms with Gasteiger partial charge >= 0.3 is 0 Å². The van der Waals surface area contributed by atoms with Crippen LogP contribution in [0.2, 0.25) is 5.28 Å². The number of nitrogens with zero attached hydrogens (tertiary/aromatic N) is 12. The fraction of sp³-hybridized carbons (Fsp3) is 0.568. The number of nitrogens with one attached hydrogen (secondary N) is 3. The Kier molecular flexibility index (Phi) is 40.3. The number of hydrogen-bond donors (Lipinski definition) is 5. The van der Waals surface area contributed by atoms with Gasteiger partial charge in [-0.3, -0.25) is 34.5 Å². The Morgan fingerprint density at radius 3 is 1.17 bits per heavy atom. The number of anilines is 4. The number of methoxy groups -OCH3 is 4. The van der Waals surface area contributed by atoms with Crippen LogP contribution in [-0.2, 0) is 14.3 Å². The molecule has 5 aliphatic rings. The monoisotopic (exact) mass is 1570 g/mol. The summed E-state index contributed by atoms with van der Waals surface area (Å²) < 4.78 is 64.3. The van der Waals surface area contributed by atoms with Crippen molar-refractivity contribution in [3.8, 4) is 46.0 Å². The number of aromatic hydroxyl groups is 1. The van der Waals surface area contributed by atoms with E-state index in [2.05, 4.69) is 88.6 Å². The molecule has 33 nitrogen and oxygen atoms in total. The zero-order valence-corrected chi connectivity index (χ0v) is 66.5. The minimum atomic E-state index is -3.26. The molecule has 4 aromatic carbocycles. The molecular formula is C74H112ClN15O18S. The molecule has 5 aliphatic heterocycles. The van der Waals surface area contributed by atoms with Crippen LogP contribution >= 0.6 is 11.6 Å². The van der Waals surface area contributed by atoms with E-state index in [0.717, 1.165) is 132 Å². The number of aliphatic hydroxyl groups excluding tert-OH is 1. The number of aromatic nitrogens is 4. The Hall–Kier alpha value is -9.00. The largest absolute Gasteiger partial charge is 0.504 e. The number of nitro groups is 3. The van der Waals surface area contributed by atoms with Gasteiger partial charge in [-0.05, 0) is 198 Å². The summed E-state index contributed by atoms with van der Waals surface area (Å²) >= 11 is 5.46. The third kappa shape index (κ3) is 34.6. The quantitative estimate of drug-likeness (QED) is 0.0163. The van der Waals surface area contributed by atoms with Crippen LogP contribution in [0.3, 0.4) is 0 Å². The molecule has 0 spiro atoms. The van der Waals surface area contributed by atoms with E-state index in [9.17, 15) is 38.8 Å². The van der Waals surface area contributed by atoms with Crippen LogP contribution in [0, 0.1) is 59.9 Å². The molecule has 0 radical (unpaired) electrons. The molecule has 35 heteroatoms. The average Bonchev–Trinajstić information content (AvgIpc) is 0.854. The summed E-state index contributed by atoms with van der Waals surface area (Å²) in [6.07, 6.45) is 16.1. The average molecular weight is 1570 g/mol. The number of nitro benzene ring substituents is 3. The van der Waals surface area contributed by atoms with Crippen LogP contribution in [0.1, 0.15) is 64.2 Å². The van der Waals surface area contributed by atoms with Crippen molar-refractivity contribution in [1.82, 2.24) is 44.4 Å². The van der Waals surface area contributed by atoms with Crippen molar-refractivity contribution in [1.29, 1.82) is 0 Å². The van der Waals surface area contributed by atoms with Gasteiger partial charge in [-0.15, -0.1) is 0 Å². The lowest BCUT2D eigenvalue weighted by Crippen LogP contribution is -2.34. The number of hydrogen-bond acceptors (Lipinski definition) is 30. The van der Waals surface area contributed by atoms with Crippen molar-refractivity contribution >= 4 is 62.1 Å². The molecule has 0 amide bonds. The highest BCUT2D eigenvalue weighted by Crippen LogP contribution is 2.36. The van der Waals surface area contributed by atoms with Gasteiger partial charge in [0.05, 0.1) is 94.1 Å². The maximum Gasteiger partial charge on any atom is 0.273 e. The summed E-state index contributed by atoms with van der Waals surface area (Å²) in [5, 5.41) is 59.0. The van der Waals surface area contributed by atoms with E-state index in [1.807, 2.05) is 38.4 Å². The van der Waals surface area contributed by atoms with Crippen molar-refractivity contribution in [2.75, 3.05) is 198 Å². The Balaban J connectivity index is 0.000000235. The highest BCUT2D eigenvalue weighted by Gasteiger charge is 2.24. The zero-order valence-electron chi connectivity index (χ0n) is 64.9. The highest BCUT2D eigenvalue weighted by molar-refractivity contribution is 7.86. The first-order valence-electron chi connectivity index (χ1n) is 36.2. The second-order valence-electron chi connectivity index (χ2n) is 27.2. The third-order valence-corrected chi connectivity index (χ3v) is 18.9. The third-order valence-electron chi connectivity index (χ3n) is 18.1. The molecule has 6 aromatic rings. The number of aliphatic hydroxyl groups is 1. The van der Waals surface area contributed by atoms with Gasteiger partial charge in [0.15, 0.2) is 46.0 Å². The summed E-state index contributed by atoms with van der Waals surface area (Å²) in [5.41, 5.74) is 0.728. The van der Waals surface area contributed by atoms with Crippen LogP contribution in [0.4, 0.5) is 40.3 Å². The van der Waals surface area contributed by atoms with Crippen LogP contribution in [0.15, 0.2) is 97.3 Å². The first kappa shape index (κ1) is 90.6. The van der Waals surface area contributed by atoms with Crippen LogP contribution in [0.25, 0.3) is 0 Å². The summed E-state index contributed by atoms with van der Waals surface area (Å²) in [5.74, 6) is 7.78. The van der Waals surface area contributed by atoms with E-state index >= 15 is 0 Å². The molecule has 0 saturated carbocycles. The van der Waals surface area contributed by atoms with E-state index < -0.39 is 24.9 Å². The van der Waals surface area contributed by atoms with Gasteiger partial charge in [0.1, 0.15) is 11.6 Å². The van der Waals surface area contributed by atoms with Gasteiger partial charge in [-0.25, -0.2) is 15.0 Å². The molecule has 5 atom stereocenters. The number of phenols is 1. The maximum atomic E-state index is 10.8. The predicted octanol–water partition coefficient (Wildman–Crippen LogP) is 10.7. The molecule has 0 aliphatic carbocycles. The van der Waals surface area contributed by atoms with Gasteiger partial charge in [-0.1, -0.05) is 0 Å². The Morgan fingerprint density at radius 2 is 0.835 bits per heavy atom. The van der Waals surface area contributed by atoms with Gasteiger partial charge in [0.25, 0.3) is 27.2 Å². The summed E-state index contributed by atoms with van der Waals surface area (Å²) in [4.78, 5) is 57.9. The molecule has 5 fully saturated rings. The van der Waals surface area contributed by atoms with Crippen molar-refractivity contribution < 1.29 is 70.7 Å². The smallest absolute Gasteiger partial charge is 0.273 e. The standard InChI is InChI=1S/C19H27N5O2.2C14H20N2O4.C8H17NO3S.C7H7NO4.C7H15NO.C5H6ClN3/c1-20-18-8-9-21-19(23-18)22-15-6-7-16(25-3)17(11-15)26-13-14-5-4-10-24(2)12-14;2*1-15-7-3-4-11(9-15)10-20-14-8-12(16(17)18)5-6-13(14)19-2;1-9-5-3-4-8(6-9)7-12-13(2,10)11;1-12-7-3-2-5(8(10)11)4-6(7)9;1-8-4-2-3-7(5-8)6-9;1-7-4-2-3-8-5(6)9-4/h6-9,11,14H,4-5,10,12-13H2,1-3H3,(H2,20,21,22,23);2*5-6,8,11H,3-4,7,9-10H2,1-2H3;8H,3-7H2,1-2H3;2-4,9H,1H3;7,9H,2-6H2,1H3;2-3H,1H3,(H,7,8,9). The van der Waals surface area contributed by atoms with Gasteiger partial charge in [0, 0.05) is 114 Å². The lowest BCUT2D eigenvalue weighted by Gasteiger charge is -2.29. The number of halogens is 1.